The summed E-state index contributed by atoms with van der Waals surface area (Å²) in [4.78, 5) is 15.9. The largest absolute Gasteiger partial charge is 0.380 e. The number of morpholine rings is 1. The highest BCUT2D eigenvalue weighted by Gasteiger charge is 2.25. The van der Waals surface area contributed by atoms with Crippen LogP contribution in [0.1, 0.15) is 35.5 Å². The van der Waals surface area contributed by atoms with Gasteiger partial charge in [0.15, 0.2) is 0 Å². The number of rotatable bonds is 8. The molecule has 1 aliphatic heterocycles. The van der Waals surface area contributed by atoms with Crippen LogP contribution in [0.5, 0.6) is 0 Å². The first-order valence-corrected chi connectivity index (χ1v) is 10.6. The van der Waals surface area contributed by atoms with Crippen molar-refractivity contribution in [1.29, 1.82) is 0 Å². The molecule has 1 unspecified atom stereocenters. The first kappa shape index (κ1) is 21.2. The lowest BCUT2D eigenvalue weighted by Crippen LogP contribution is -2.49. The van der Waals surface area contributed by atoms with E-state index in [1.165, 1.54) is 17.4 Å². The molecular weight excluding hydrogens is 379 g/mol. The van der Waals surface area contributed by atoms with E-state index in [1.54, 1.807) is 13.2 Å². The summed E-state index contributed by atoms with van der Waals surface area (Å²) in [5.41, 5.74) is 0.630. The Labute approximate surface area is 169 Å². The molecule has 3 rings (SSSR count). The standard InChI is InChI=1S/C21H29FN2O3S/c1-14(2)11-15(24-7-9-27-10-8-24)12-23-21(25)20-16(13-26-3)19-17(22)5-4-6-18(19)28-20/h4-6,14-15H,7-13H2,1-3H3,(H,23,25). The molecule has 154 valence electrons. The number of amides is 1. The summed E-state index contributed by atoms with van der Waals surface area (Å²) < 4.78 is 25.8. The van der Waals surface area contributed by atoms with Gasteiger partial charge in [-0.1, -0.05) is 19.9 Å². The van der Waals surface area contributed by atoms with Gasteiger partial charge < -0.3 is 14.8 Å². The van der Waals surface area contributed by atoms with Crippen molar-refractivity contribution in [2.75, 3.05) is 40.0 Å². The maximum absolute atomic E-state index is 14.3. The maximum Gasteiger partial charge on any atom is 0.261 e. The quantitative estimate of drug-likeness (QED) is 0.724. The summed E-state index contributed by atoms with van der Waals surface area (Å²) in [5.74, 6) is 0.0627. The van der Waals surface area contributed by atoms with Crippen LogP contribution in [0.2, 0.25) is 0 Å². The molecule has 1 N–H and O–H groups in total. The zero-order chi connectivity index (χ0) is 20.1. The van der Waals surface area contributed by atoms with Gasteiger partial charge in [0.2, 0.25) is 0 Å². The number of carbonyl (C=O) groups excluding carboxylic acids is 1. The van der Waals surface area contributed by atoms with Gasteiger partial charge in [0.05, 0.1) is 24.7 Å². The van der Waals surface area contributed by atoms with E-state index in [1.807, 2.05) is 6.07 Å². The molecule has 1 aliphatic rings. The van der Waals surface area contributed by atoms with Gasteiger partial charge in [0.1, 0.15) is 5.82 Å². The van der Waals surface area contributed by atoms with Gasteiger partial charge in [-0.25, -0.2) is 4.39 Å². The fourth-order valence-corrected chi connectivity index (χ4v) is 4.91. The third-order valence-electron chi connectivity index (χ3n) is 5.06. The highest BCUT2D eigenvalue weighted by Crippen LogP contribution is 2.33. The molecule has 1 aromatic carbocycles. The van der Waals surface area contributed by atoms with Crippen LogP contribution in [-0.4, -0.2) is 56.8 Å². The Morgan fingerprint density at radius 3 is 2.79 bits per heavy atom. The van der Waals surface area contributed by atoms with E-state index in [9.17, 15) is 9.18 Å². The Kier molecular flexibility index (Phi) is 7.40. The summed E-state index contributed by atoms with van der Waals surface area (Å²) in [6.45, 7) is 8.41. The van der Waals surface area contributed by atoms with Crippen molar-refractivity contribution in [3.63, 3.8) is 0 Å². The minimum Gasteiger partial charge on any atom is -0.380 e. The lowest BCUT2D eigenvalue weighted by molar-refractivity contribution is 0.0124. The predicted molar refractivity (Wildman–Crippen MR) is 110 cm³/mol. The molecule has 5 nitrogen and oxygen atoms in total. The van der Waals surface area contributed by atoms with Gasteiger partial charge in [0, 0.05) is 48.4 Å². The Morgan fingerprint density at radius 1 is 1.36 bits per heavy atom. The SMILES string of the molecule is COCc1c(C(=O)NCC(CC(C)C)N2CCOCC2)sc2cccc(F)c12. The van der Waals surface area contributed by atoms with Crippen LogP contribution in [0.3, 0.4) is 0 Å². The molecule has 1 amide bonds. The van der Waals surface area contributed by atoms with Crippen molar-refractivity contribution in [2.24, 2.45) is 5.92 Å². The maximum atomic E-state index is 14.3. The van der Waals surface area contributed by atoms with Crippen molar-refractivity contribution in [2.45, 2.75) is 32.9 Å². The molecule has 2 aromatic rings. The molecule has 1 fully saturated rings. The van der Waals surface area contributed by atoms with Crippen LogP contribution >= 0.6 is 11.3 Å². The van der Waals surface area contributed by atoms with E-state index in [-0.39, 0.29) is 24.4 Å². The van der Waals surface area contributed by atoms with Crippen LogP contribution < -0.4 is 5.32 Å². The van der Waals surface area contributed by atoms with E-state index < -0.39 is 0 Å². The number of benzene rings is 1. The summed E-state index contributed by atoms with van der Waals surface area (Å²) in [7, 11) is 1.56. The third kappa shape index (κ3) is 4.89. The molecule has 1 atom stereocenters. The second kappa shape index (κ2) is 9.78. The lowest BCUT2D eigenvalue weighted by Gasteiger charge is -2.35. The fourth-order valence-electron chi connectivity index (χ4n) is 3.77. The Morgan fingerprint density at radius 2 is 2.11 bits per heavy atom. The summed E-state index contributed by atoms with van der Waals surface area (Å²) in [5, 5.41) is 3.58. The Hall–Kier alpha value is -1.54. The molecule has 1 aromatic heterocycles. The second-order valence-corrected chi connectivity index (χ2v) is 8.65. The minimum atomic E-state index is -0.314. The molecule has 1 saturated heterocycles. The van der Waals surface area contributed by atoms with Crippen molar-refractivity contribution in [3.8, 4) is 0 Å². The zero-order valence-electron chi connectivity index (χ0n) is 16.8. The van der Waals surface area contributed by atoms with Crippen molar-refractivity contribution in [3.05, 3.63) is 34.5 Å². The number of nitrogens with one attached hydrogen (secondary N) is 1. The highest BCUT2D eigenvalue weighted by atomic mass is 32.1. The van der Waals surface area contributed by atoms with Crippen LogP contribution in [0.15, 0.2) is 18.2 Å². The summed E-state index contributed by atoms with van der Waals surface area (Å²) in [6, 6.07) is 5.20. The minimum absolute atomic E-state index is 0.158. The number of fused-ring (bicyclic) bond motifs is 1. The molecule has 0 spiro atoms. The van der Waals surface area contributed by atoms with Crippen LogP contribution in [0.25, 0.3) is 10.1 Å². The Balaban J connectivity index is 1.77. The predicted octanol–water partition coefficient (Wildman–Crippen LogP) is 3.66. The van der Waals surface area contributed by atoms with Crippen LogP contribution in [0.4, 0.5) is 4.39 Å². The molecular formula is C21H29FN2O3S. The Bertz CT molecular complexity index is 802. The average Bonchev–Trinajstić information content (AvgIpc) is 3.05. The average molecular weight is 409 g/mol. The topological polar surface area (TPSA) is 50.8 Å². The van der Waals surface area contributed by atoms with E-state index in [0.717, 1.165) is 37.4 Å². The number of halogens is 1. The van der Waals surface area contributed by atoms with E-state index >= 15 is 0 Å². The summed E-state index contributed by atoms with van der Waals surface area (Å²) in [6.07, 6.45) is 1.01. The molecule has 0 saturated carbocycles. The van der Waals surface area contributed by atoms with Gasteiger partial charge in [-0.15, -0.1) is 11.3 Å². The lowest BCUT2D eigenvalue weighted by atomic mass is 10.0. The number of methoxy groups -OCH3 is 1. The number of hydrogen-bond donors (Lipinski definition) is 1. The van der Waals surface area contributed by atoms with Crippen LogP contribution in [0, 0.1) is 11.7 Å². The number of hydrogen-bond acceptors (Lipinski definition) is 5. The van der Waals surface area contributed by atoms with Gasteiger partial charge in [-0.2, -0.15) is 0 Å². The molecule has 28 heavy (non-hydrogen) atoms. The van der Waals surface area contributed by atoms with Crippen molar-refractivity contribution >= 4 is 27.3 Å². The van der Waals surface area contributed by atoms with Crippen molar-refractivity contribution in [1.82, 2.24) is 10.2 Å². The first-order chi connectivity index (χ1) is 13.5. The monoisotopic (exact) mass is 408 g/mol. The van der Waals surface area contributed by atoms with Gasteiger partial charge in [0.25, 0.3) is 5.91 Å². The first-order valence-electron chi connectivity index (χ1n) is 9.80. The number of ether oxygens (including phenoxy) is 2. The van der Waals surface area contributed by atoms with E-state index in [0.29, 0.717) is 28.3 Å². The number of carbonyl (C=O) groups is 1. The smallest absolute Gasteiger partial charge is 0.261 e. The second-order valence-electron chi connectivity index (χ2n) is 7.60. The molecule has 2 heterocycles. The molecule has 0 aliphatic carbocycles. The third-order valence-corrected chi connectivity index (χ3v) is 6.26. The molecule has 0 bridgehead atoms. The summed E-state index contributed by atoms with van der Waals surface area (Å²) >= 11 is 1.32. The van der Waals surface area contributed by atoms with Gasteiger partial charge >= 0.3 is 0 Å². The number of nitrogens with zero attached hydrogens (tertiary/aromatic N) is 1. The molecule has 0 radical (unpaired) electrons. The normalized spacial score (nSPS) is 16.6. The van der Waals surface area contributed by atoms with Gasteiger partial charge in [-0.3, -0.25) is 9.69 Å². The van der Waals surface area contributed by atoms with E-state index in [2.05, 4.69) is 24.1 Å². The highest BCUT2D eigenvalue weighted by molar-refractivity contribution is 7.21. The fraction of sp³-hybridized carbons (Fsp3) is 0.571. The van der Waals surface area contributed by atoms with Crippen LogP contribution in [-0.2, 0) is 16.1 Å². The van der Waals surface area contributed by atoms with Gasteiger partial charge in [-0.05, 0) is 24.5 Å². The van der Waals surface area contributed by atoms with Crippen molar-refractivity contribution < 1.29 is 18.7 Å². The number of thiophene rings is 1. The molecule has 7 heteroatoms. The van der Waals surface area contributed by atoms with E-state index in [4.69, 9.17) is 9.47 Å². The zero-order valence-corrected chi connectivity index (χ0v) is 17.6.